The molecule has 24 heteroatoms. The topological polar surface area (TPSA) is 292 Å². The molecular formula is C48H56B2N8O14. The maximum Gasteiger partial charge on any atom is 0.551 e. The minimum atomic E-state index is -1.46. The Morgan fingerprint density at radius 1 is 0.583 bits per heavy atom. The van der Waals surface area contributed by atoms with Gasteiger partial charge < -0.3 is 49.4 Å². The van der Waals surface area contributed by atoms with Crippen LogP contribution in [0, 0.1) is 11.8 Å². The van der Waals surface area contributed by atoms with E-state index < -0.39 is 124 Å². The van der Waals surface area contributed by atoms with Crippen LogP contribution in [0.1, 0.15) is 85.5 Å². The molecule has 4 N–H and O–H groups in total. The molecule has 4 heterocycles. The quantitative estimate of drug-likeness (QED) is 0.0465. The Labute approximate surface area is 416 Å². The van der Waals surface area contributed by atoms with E-state index in [-0.39, 0.29) is 48.9 Å². The fraction of sp³-hybridized carbons (Fsp3) is 0.417. The minimum absolute atomic E-state index is 0.00811. The number of hydrogen-bond donors (Lipinski definition) is 4. The van der Waals surface area contributed by atoms with E-state index >= 15 is 0 Å². The average Bonchev–Trinajstić information content (AvgIpc) is 3.37. The zero-order chi connectivity index (χ0) is 51.6. The summed E-state index contributed by atoms with van der Waals surface area (Å²) < 4.78 is 33.5. The van der Waals surface area contributed by atoms with Crippen LogP contribution in [0.25, 0.3) is 0 Å². The van der Waals surface area contributed by atoms with Gasteiger partial charge in [-0.1, -0.05) is 88.4 Å². The summed E-state index contributed by atoms with van der Waals surface area (Å²) in [7, 11) is -2.86. The van der Waals surface area contributed by atoms with Crippen LogP contribution in [-0.4, -0.2) is 131 Å². The minimum Gasteiger partial charge on any atom is -0.508 e. The lowest BCUT2D eigenvalue weighted by Crippen LogP contribution is -2.59. The molecule has 1 unspecified atom stereocenters. The molecule has 2 aliphatic heterocycles. The third-order valence-corrected chi connectivity index (χ3v) is 11.1. The fourth-order valence-electron chi connectivity index (χ4n) is 7.71. The molecule has 2 aromatic heterocycles. The smallest absolute Gasteiger partial charge is 0.508 e. The van der Waals surface area contributed by atoms with Crippen LogP contribution in [-0.2, 0) is 69.7 Å². The van der Waals surface area contributed by atoms with E-state index in [0.717, 1.165) is 11.1 Å². The van der Waals surface area contributed by atoms with Gasteiger partial charge in [-0.05, 0) is 35.8 Å². The Bertz CT molecular complexity index is 2310. The van der Waals surface area contributed by atoms with Crippen LogP contribution in [0.2, 0.25) is 0 Å². The molecule has 72 heavy (non-hydrogen) atoms. The maximum atomic E-state index is 13.9. The Balaban J connectivity index is 1.03. The lowest BCUT2D eigenvalue weighted by Gasteiger charge is -2.32. The van der Waals surface area contributed by atoms with Crippen LogP contribution >= 0.6 is 0 Å². The van der Waals surface area contributed by atoms with Crippen molar-refractivity contribution in [1.82, 2.24) is 41.2 Å². The summed E-state index contributed by atoms with van der Waals surface area (Å²) in [5.74, 6) is -8.20. The normalized spacial score (nSPS) is 17.3. The first-order chi connectivity index (χ1) is 34.6. The highest BCUT2D eigenvalue weighted by atomic mass is 16.7. The zero-order valence-electron chi connectivity index (χ0n) is 40.2. The predicted molar refractivity (Wildman–Crippen MR) is 254 cm³/mol. The number of carbonyl (C=O) groups is 8. The number of nitrogens with one attached hydrogen (secondary N) is 4. The number of nitrogens with zero attached hydrogens (tertiary/aromatic N) is 4. The number of carbonyl (C=O) groups excluding carboxylic acids is 8. The number of ether oxygens (including phenoxy) is 2. The molecule has 6 rings (SSSR count). The lowest BCUT2D eigenvalue weighted by atomic mass is 9.72. The molecule has 0 bridgehead atoms. The van der Waals surface area contributed by atoms with Crippen molar-refractivity contribution < 1.29 is 66.4 Å². The number of rotatable bonds is 23. The van der Waals surface area contributed by atoms with Crippen molar-refractivity contribution >= 4 is 61.7 Å². The molecule has 0 radical (unpaired) electrons. The highest BCUT2D eigenvalue weighted by Crippen LogP contribution is 2.22. The summed E-state index contributed by atoms with van der Waals surface area (Å²) >= 11 is 0. The Kier molecular flexibility index (Phi) is 19.8. The molecule has 2 fully saturated rings. The molecule has 378 valence electrons. The van der Waals surface area contributed by atoms with Gasteiger partial charge in [-0.15, -0.1) is 0 Å². The van der Waals surface area contributed by atoms with Crippen molar-refractivity contribution in [1.29, 1.82) is 0 Å². The second kappa shape index (κ2) is 26.6. The number of hydrogen-bond acceptors (Lipinski definition) is 18. The third-order valence-electron chi connectivity index (χ3n) is 11.1. The first-order valence-electron chi connectivity index (χ1n) is 23.5. The molecule has 2 saturated heterocycles. The van der Waals surface area contributed by atoms with Gasteiger partial charge in [0.05, 0.1) is 37.1 Å². The molecule has 2 aliphatic rings. The van der Waals surface area contributed by atoms with Crippen molar-refractivity contribution in [2.45, 2.75) is 102 Å². The first kappa shape index (κ1) is 53.8. The summed E-state index contributed by atoms with van der Waals surface area (Å²) in [5, 5.41) is 11.1. The van der Waals surface area contributed by atoms with Gasteiger partial charge in [0, 0.05) is 37.6 Å². The van der Waals surface area contributed by atoms with Crippen LogP contribution < -0.4 is 21.3 Å². The molecule has 6 atom stereocenters. The van der Waals surface area contributed by atoms with E-state index in [1.54, 1.807) is 48.5 Å². The number of aromatic nitrogens is 4. The largest absolute Gasteiger partial charge is 0.551 e. The van der Waals surface area contributed by atoms with Gasteiger partial charge in [-0.25, -0.2) is 19.6 Å². The number of benzene rings is 2. The van der Waals surface area contributed by atoms with Crippen molar-refractivity contribution in [3.63, 3.8) is 0 Å². The second-order valence-electron chi connectivity index (χ2n) is 17.8. The second-order valence-corrected chi connectivity index (χ2v) is 17.8. The highest BCUT2D eigenvalue weighted by molar-refractivity contribution is 6.50. The first-order valence-corrected chi connectivity index (χ1v) is 23.5. The SMILES string of the molecule is CC(C)C[C@H](NC(=O)[C@H](Cc1ccccc1)NC(=O)c1cnccn1)B1OC(=O)CC(C(=O)OCCOC(=O)[C@@H]2CC(=O)OB([C@H](CC(C)C)NC(=O)[C@H](Cc3ccccc3)NC(=O)c3cnccn3)O2)O1. The molecule has 0 spiro atoms. The van der Waals surface area contributed by atoms with Gasteiger partial charge in [0.2, 0.25) is 11.8 Å². The molecule has 4 aromatic rings. The Morgan fingerprint density at radius 2 is 0.972 bits per heavy atom. The van der Waals surface area contributed by atoms with Gasteiger partial charge in [0.25, 0.3) is 23.8 Å². The Morgan fingerprint density at radius 3 is 1.32 bits per heavy atom. The van der Waals surface area contributed by atoms with Crippen LogP contribution in [0.15, 0.2) is 97.8 Å². The van der Waals surface area contributed by atoms with E-state index in [9.17, 15) is 38.4 Å². The van der Waals surface area contributed by atoms with E-state index in [2.05, 4.69) is 41.2 Å². The molecule has 0 saturated carbocycles. The van der Waals surface area contributed by atoms with Gasteiger partial charge >= 0.3 is 26.2 Å². The van der Waals surface area contributed by atoms with Crippen molar-refractivity contribution in [3.8, 4) is 0 Å². The molecule has 4 amide bonds. The van der Waals surface area contributed by atoms with Crippen LogP contribution in [0.3, 0.4) is 0 Å². The van der Waals surface area contributed by atoms with E-state index in [1.807, 2.05) is 39.8 Å². The Hall–Kier alpha value is -7.59. The number of esters is 2. The summed E-state index contributed by atoms with van der Waals surface area (Å²) in [6, 6.07) is 15.7. The van der Waals surface area contributed by atoms with E-state index in [4.69, 9.17) is 28.1 Å². The van der Waals surface area contributed by atoms with Crippen molar-refractivity contribution in [2.24, 2.45) is 11.8 Å². The van der Waals surface area contributed by atoms with E-state index in [0.29, 0.717) is 0 Å². The van der Waals surface area contributed by atoms with Crippen molar-refractivity contribution in [2.75, 3.05) is 13.2 Å². The summed E-state index contributed by atoms with van der Waals surface area (Å²) in [6.07, 6.45) is 4.72. The molecule has 0 aliphatic carbocycles. The van der Waals surface area contributed by atoms with Crippen LogP contribution in [0.5, 0.6) is 0 Å². The van der Waals surface area contributed by atoms with Crippen molar-refractivity contribution in [3.05, 3.63) is 120 Å². The fourth-order valence-corrected chi connectivity index (χ4v) is 7.71. The molecular weight excluding hydrogens is 934 g/mol. The third kappa shape index (κ3) is 16.5. The highest BCUT2D eigenvalue weighted by Gasteiger charge is 2.47. The van der Waals surface area contributed by atoms with Gasteiger partial charge in [0.1, 0.15) is 36.7 Å². The predicted octanol–water partition coefficient (Wildman–Crippen LogP) is 1.52. The number of amides is 4. The zero-order valence-corrected chi connectivity index (χ0v) is 40.2. The summed E-state index contributed by atoms with van der Waals surface area (Å²) in [5.41, 5.74) is 1.47. The molecule has 2 aromatic carbocycles. The average molecular weight is 991 g/mol. The summed E-state index contributed by atoms with van der Waals surface area (Å²) in [4.78, 5) is 122. The molecule has 22 nitrogen and oxygen atoms in total. The van der Waals surface area contributed by atoms with E-state index in [1.165, 1.54) is 37.2 Å². The van der Waals surface area contributed by atoms with Crippen LogP contribution in [0.4, 0.5) is 0 Å². The maximum absolute atomic E-state index is 13.9. The van der Waals surface area contributed by atoms with Gasteiger partial charge in [0.15, 0.2) is 12.2 Å². The monoisotopic (exact) mass is 990 g/mol. The van der Waals surface area contributed by atoms with Gasteiger partial charge in [-0.3, -0.25) is 38.7 Å². The van der Waals surface area contributed by atoms with Gasteiger partial charge in [-0.2, -0.15) is 0 Å². The standard InChI is InChI=1S/C48H56B2N8O14/c1-29(2)21-39(57-43(61)33(23-31-11-7-5-8-12-31)55-45(63)35-27-51-15-17-53-35)49-69-37(25-41(59)71-49)47(65)67-19-20-68-48(66)38-26-42(60)72-50(70-38)40(22-30(3)4)58-44(62)34(24-32-13-9-6-10-14-32)56-46(64)36-28-52-16-18-54-36/h5-18,27-30,33-34,37-40H,19-26H2,1-4H3,(H,55,63)(H,56,64)(H,57,61)(H,58,62)/t33-,34-,37-,38?,39-,40-/m0/s1. The summed E-state index contributed by atoms with van der Waals surface area (Å²) in [6.45, 7) is 6.50. The lowest BCUT2D eigenvalue weighted by molar-refractivity contribution is -0.168.